The van der Waals surface area contributed by atoms with Crippen molar-refractivity contribution in [3.05, 3.63) is 3.98 Å². The molecule has 7 heteroatoms. The topological polar surface area (TPSA) is 59.9 Å². The first kappa shape index (κ1) is 16.1. The summed E-state index contributed by atoms with van der Waals surface area (Å²) in [4.78, 5) is 4.31. The molecule has 0 saturated heterocycles. The van der Waals surface area contributed by atoms with Crippen LogP contribution in [0.3, 0.4) is 0 Å². The SMILES string of the molecule is C#CCN=c1sc(SCCC#N)c(SCCC#N)s1. The summed E-state index contributed by atoms with van der Waals surface area (Å²) >= 11 is 6.58. The molecule has 0 unspecified atom stereocenters. The molecule has 3 nitrogen and oxygen atoms in total. The van der Waals surface area contributed by atoms with Crippen molar-refractivity contribution >= 4 is 46.2 Å². The fraction of sp³-hybridized carbons (Fsp3) is 0.417. The van der Waals surface area contributed by atoms with Crippen molar-refractivity contribution in [2.75, 3.05) is 18.1 Å². The molecule has 1 heterocycles. The van der Waals surface area contributed by atoms with Gasteiger partial charge in [-0.1, -0.05) is 28.6 Å². The predicted molar refractivity (Wildman–Crippen MR) is 83.4 cm³/mol. The van der Waals surface area contributed by atoms with Crippen LogP contribution in [-0.2, 0) is 0 Å². The highest BCUT2D eigenvalue weighted by Gasteiger charge is 2.09. The predicted octanol–water partition coefficient (Wildman–Crippen LogP) is 3.36. The molecule has 1 aromatic heterocycles. The molecule has 0 aliphatic rings. The zero-order valence-electron chi connectivity index (χ0n) is 10.1. The van der Waals surface area contributed by atoms with Crippen LogP contribution in [0.5, 0.6) is 0 Å². The van der Waals surface area contributed by atoms with E-state index in [2.05, 4.69) is 23.1 Å². The molecule has 0 radical (unpaired) electrons. The lowest BCUT2D eigenvalue weighted by atomic mass is 10.6. The van der Waals surface area contributed by atoms with E-state index in [4.69, 9.17) is 16.9 Å². The number of nitrogens with zero attached hydrogens (tertiary/aromatic N) is 3. The van der Waals surface area contributed by atoms with E-state index in [1.165, 1.54) is 8.42 Å². The summed E-state index contributed by atoms with van der Waals surface area (Å²) in [6, 6.07) is 4.28. The van der Waals surface area contributed by atoms with Crippen LogP contribution in [-0.4, -0.2) is 18.1 Å². The molecule has 1 rings (SSSR count). The maximum Gasteiger partial charge on any atom is 0.169 e. The van der Waals surface area contributed by atoms with Gasteiger partial charge in [0.2, 0.25) is 0 Å². The van der Waals surface area contributed by atoms with Crippen LogP contribution in [0.4, 0.5) is 0 Å². The molecule has 0 amide bonds. The van der Waals surface area contributed by atoms with Gasteiger partial charge >= 0.3 is 0 Å². The zero-order chi connectivity index (χ0) is 13.9. The summed E-state index contributed by atoms with van der Waals surface area (Å²) in [7, 11) is 0. The maximum atomic E-state index is 8.57. The average Bonchev–Trinajstić information content (AvgIpc) is 2.80. The lowest BCUT2D eigenvalue weighted by Crippen LogP contribution is -1.87. The first-order chi connectivity index (χ1) is 9.31. The Labute approximate surface area is 129 Å². The van der Waals surface area contributed by atoms with E-state index in [-0.39, 0.29) is 0 Å². The van der Waals surface area contributed by atoms with Crippen LogP contribution in [0.25, 0.3) is 0 Å². The summed E-state index contributed by atoms with van der Waals surface area (Å²) in [5.74, 6) is 4.06. The highest BCUT2D eigenvalue weighted by molar-refractivity contribution is 8.04. The minimum atomic E-state index is 0.390. The van der Waals surface area contributed by atoms with Crippen molar-refractivity contribution in [1.82, 2.24) is 0 Å². The second kappa shape index (κ2) is 9.95. The number of hydrogen-bond acceptors (Lipinski definition) is 7. The van der Waals surface area contributed by atoms with Crippen molar-refractivity contribution in [3.8, 4) is 24.5 Å². The molecule has 0 fully saturated rings. The van der Waals surface area contributed by atoms with Crippen molar-refractivity contribution in [2.45, 2.75) is 21.3 Å². The Morgan fingerprint density at radius 1 is 1.05 bits per heavy atom. The fourth-order valence-corrected chi connectivity index (χ4v) is 6.36. The number of thioether (sulfide) groups is 2. The van der Waals surface area contributed by atoms with Crippen LogP contribution in [0.1, 0.15) is 12.8 Å². The quantitative estimate of drug-likeness (QED) is 0.438. The largest absolute Gasteiger partial charge is 0.252 e. The lowest BCUT2D eigenvalue weighted by Gasteiger charge is -1.98. The number of nitriles is 2. The second-order valence-electron chi connectivity index (χ2n) is 3.08. The lowest BCUT2D eigenvalue weighted by molar-refractivity contribution is 1.23. The molecule has 0 spiro atoms. The molecule has 0 aromatic carbocycles. The fourth-order valence-electron chi connectivity index (χ4n) is 0.993. The molecule has 98 valence electrons. The average molecular weight is 326 g/mol. The third kappa shape index (κ3) is 6.18. The van der Waals surface area contributed by atoms with Gasteiger partial charge < -0.3 is 0 Å². The molecular formula is C12H11N3S4. The van der Waals surface area contributed by atoms with Gasteiger partial charge in [-0.05, 0) is 0 Å². The second-order valence-corrected chi connectivity index (χ2v) is 8.06. The van der Waals surface area contributed by atoms with Crippen LogP contribution in [0, 0.1) is 35.0 Å². The molecule has 1 aromatic rings. The highest BCUT2D eigenvalue weighted by atomic mass is 32.2. The Morgan fingerprint density at radius 2 is 1.58 bits per heavy atom. The summed E-state index contributed by atoms with van der Waals surface area (Å²) in [6.07, 6.45) is 6.27. The van der Waals surface area contributed by atoms with E-state index in [0.29, 0.717) is 19.4 Å². The Bertz CT molecular complexity index is 539. The molecule has 19 heavy (non-hydrogen) atoms. The van der Waals surface area contributed by atoms with Gasteiger partial charge in [-0.15, -0.1) is 29.9 Å². The Kier molecular flexibility index (Phi) is 8.45. The highest BCUT2D eigenvalue weighted by Crippen LogP contribution is 2.37. The summed E-state index contributed by atoms with van der Waals surface area (Å²) in [5.41, 5.74) is 0. The minimum Gasteiger partial charge on any atom is -0.252 e. The van der Waals surface area contributed by atoms with Gasteiger partial charge in [0.15, 0.2) is 3.98 Å². The summed E-state index contributed by atoms with van der Waals surface area (Å²) < 4.78 is 3.31. The normalized spacial score (nSPS) is 9.32. The van der Waals surface area contributed by atoms with E-state index in [1.807, 2.05) is 0 Å². The van der Waals surface area contributed by atoms with E-state index in [1.54, 1.807) is 46.2 Å². The number of hydrogen-bond donors (Lipinski definition) is 0. The molecule has 0 aliphatic carbocycles. The number of rotatable bonds is 7. The first-order valence-corrected chi connectivity index (χ1v) is 8.99. The van der Waals surface area contributed by atoms with E-state index in [0.717, 1.165) is 15.5 Å². The molecule has 0 bridgehead atoms. The molecule has 0 saturated carbocycles. The van der Waals surface area contributed by atoms with Crippen molar-refractivity contribution in [1.29, 1.82) is 10.5 Å². The Hall–Kier alpha value is -0.910. The van der Waals surface area contributed by atoms with Crippen LogP contribution in [0.15, 0.2) is 13.4 Å². The summed E-state index contributed by atoms with van der Waals surface area (Å²) in [6.45, 7) is 0.390. The van der Waals surface area contributed by atoms with Crippen molar-refractivity contribution < 1.29 is 0 Å². The third-order valence-corrected chi connectivity index (χ3v) is 7.08. The molecular weight excluding hydrogens is 314 g/mol. The van der Waals surface area contributed by atoms with Crippen molar-refractivity contribution in [3.63, 3.8) is 0 Å². The van der Waals surface area contributed by atoms with Gasteiger partial charge in [0, 0.05) is 24.3 Å². The van der Waals surface area contributed by atoms with Gasteiger partial charge in [-0.2, -0.15) is 10.5 Å². The van der Waals surface area contributed by atoms with Gasteiger partial charge in [-0.3, -0.25) is 4.99 Å². The minimum absolute atomic E-state index is 0.390. The molecule has 0 atom stereocenters. The zero-order valence-corrected chi connectivity index (χ0v) is 13.4. The van der Waals surface area contributed by atoms with Gasteiger partial charge in [-0.25, -0.2) is 0 Å². The third-order valence-electron chi connectivity index (χ3n) is 1.72. The van der Waals surface area contributed by atoms with Gasteiger partial charge in [0.05, 0.1) is 20.6 Å². The van der Waals surface area contributed by atoms with Crippen LogP contribution < -0.4 is 3.98 Å². The van der Waals surface area contributed by atoms with Crippen LogP contribution in [0.2, 0.25) is 0 Å². The smallest absolute Gasteiger partial charge is 0.169 e. The monoisotopic (exact) mass is 325 g/mol. The van der Waals surface area contributed by atoms with E-state index < -0.39 is 0 Å². The van der Waals surface area contributed by atoms with E-state index in [9.17, 15) is 0 Å². The standard InChI is InChI=1S/C12H11N3S4/c1-2-7-15-12-18-10(16-8-3-5-13)11(19-12)17-9-4-6-14/h1H,3-4,7-9H2. The van der Waals surface area contributed by atoms with Crippen LogP contribution >= 0.6 is 46.2 Å². The molecule has 0 aliphatic heterocycles. The Morgan fingerprint density at radius 3 is 2.00 bits per heavy atom. The molecule has 0 N–H and O–H groups in total. The van der Waals surface area contributed by atoms with Crippen molar-refractivity contribution in [2.24, 2.45) is 4.99 Å². The van der Waals surface area contributed by atoms with Gasteiger partial charge in [0.25, 0.3) is 0 Å². The number of terminal acetylenes is 1. The van der Waals surface area contributed by atoms with E-state index >= 15 is 0 Å². The summed E-state index contributed by atoms with van der Waals surface area (Å²) in [5, 5.41) is 17.1. The maximum absolute atomic E-state index is 8.57. The Balaban J connectivity index is 2.79. The van der Waals surface area contributed by atoms with Gasteiger partial charge in [0.1, 0.15) is 6.54 Å². The first-order valence-electron chi connectivity index (χ1n) is 5.39.